The van der Waals surface area contributed by atoms with Crippen LogP contribution in [0.2, 0.25) is 0 Å². The summed E-state index contributed by atoms with van der Waals surface area (Å²) < 4.78 is 0. The van der Waals surface area contributed by atoms with Crippen molar-refractivity contribution in [3.63, 3.8) is 0 Å². The Balaban J connectivity index is 1.51. The van der Waals surface area contributed by atoms with Gasteiger partial charge in [0.25, 0.3) is 0 Å². The van der Waals surface area contributed by atoms with Gasteiger partial charge in [-0.1, -0.05) is 121 Å². The van der Waals surface area contributed by atoms with Crippen LogP contribution >= 0.6 is 0 Å². The number of nitrogen functional groups attached to an aromatic ring is 1. The second-order valence-corrected chi connectivity index (χ2v) is 8.74. The zero-order chi connectivity index (χ0) is 23.3. The van der Waals surface area contributed by atoms with E-state index in [4.69, 9.17) is 11.1 Å². The lowest BCUT2D eigenvalue weighted by Gasteiger charge is -2.26. The van der Waals surface area contributed by atoms with Crippen molar-refractivity contribution >= 4 is 11.4 Å². The van der Waals surface area contributed by atoms with Crippen LogP contribution in [-0.4, -0.2) is 5.84 Å². The molecule has 166 valence electrons. The predicted octanol–water partition coefficient (Wildman–Crippen LogP) is 7.36. The van der Waals surface area contributed by atoms with Crippen LogP contribution < -0.4 is 5.73 Å². The van der Waals surface area contributed by atoms with Crippen LogP contribution in [0.15, 0.2) is 121 Å². The molecule has 0 saturated heterocycles. The fourth-order valence-electron chi connectivity index (χ4n) is 4.92. The molecule has 1 atom stereocenters. The number of hydrogen-bond donors (Lipinski definition) is 2. The van der Waals surface area contributed by atoms with E-state index in [9.17, 15) is 0 Å². The Kier molecular flexibility index (Phi) is 6.22. The quantitative estimate of drug-likeness (QED) is 0.239. The highest BCUT2D eigenvalue weighted by Crippen LogP contribution is 2.40. The lowest BCUT2D eigenvalue weighted by molar-refractivity contribution is 0.857. The first kappa shape index (κ1) is 21.7. The molecular weight excluding hydrogens is 412 g/mol. The molecule has 0 fully saturated rings. The number of nitrogens with one attached hydrogen (secondary N) is 1. The largest absolute Gasteiger partial charge is 0.384 e. The Morgan fingerprint density at radius 2 is 1.53 bits per heavy atom. The number of hydrogen-bond acceptors (Lipinski definition) is 1. The van der Waals surface area contributed by atoms with E-state index in [2.05, 4.69) is 103 Å². The molecule has 0 spiro atoms. The fourth-order valence-corrected chi connectivity index (χ4v) is 4.92. The SMILES string of the molecule is N=C(N)c1ccccc1C1=CC=CCC1c1ccccc1Cc1cccc(-c2ccccc2)c1. The average Bonchev–Trinajstić information content (AvgIpc) is 2.90. The molecule has 0 bridgehead atoms. The third-order valence-corrected chi connectivity index (χ3v) is 6.55. The Labute approximate surface area is 201 Å². The minimum Gasteiger partial charge on any atom is -0.384 e. The van der Waals surface area contributed by atoms with Crippen molar-refractivity contribution in [3.05, 3.63) is 149 Å². The Hall–Kier alpha value is -4.17. The summed E-state index contributed by atoms with van der Waals surface area (Å²) in [6, 6.07) is 36.1. The predicted molar refractivity (Wildman–Crippen MR) is 143 cm³/mol. The molecule has 1 aliphatic carbocycles. The van der Waals surface area contributed by atoms with E-state index in [1.165, 1.54) is 33.4 Å². The molecule has 34 heavy (non-hydrogen) atoms. The van der Waals surface area contributed by atoms with Gasteiger partial charge in [-0.15, -0.1) is 0 Å². The number of benzene rings is 4. The highest BCUT2D eigenvalue weighted by atomic mass is 14.7. The molecule has 0 radical (unpaired) electrons. The summed E-state index contributed by atoms with van der Waals surface area (Å²) >= 11 is 0. The number of allylic oxidation sites excluding steroid dienone is 4. The van der Waals surface area contributed by atoms with Crippen molar-refractivity contribution in [1.82, 2.24) is 0 Å². The van der Waals surface area contributed by atoms with E-state index in [0.29, 0.717) is 0 Å². The third kappa shape index (κ3) is 4.49. The molecule has 4 aromatic rings. The minimum absolute atomic E-state index is 0.107. The van der Waals surface area contributed by atoms with Gasteiger partial charge in [-0.05, 0) is 51.8 Å². The van der Waals surface area contributed by atoms with Gasteiger partial charge in [0.2, 0.25) is 0 Å². The Morgan fingerprint density at radius 1 is 0.794 bits per heavy atom. The molecule has 2 heteroatoms. The maximum atomic E-state index is 8.08. The first-order chi connectivity index (χ1) is 16.7. The third-order valence-electron chi connectivity index (χ3n) is 6.55. The molecule has 3 N–H and O–H groups in total. The van der Waals surface area contributed by atoms with Crippen molar-refractivity contribution in [3.8, 4) is 11.1 Å². The van der Waals surface area contributed by atoms with Crippen LogP contribution in [0.3, 0.4) is 0 Å². The number of amidine groups is 1. The van der Waals surface area contributed by atoms with E-state index in [1.807, 2.05) is 18.2 Å². The van der Waals surface area contributed by atoms with Gasteiger partial charge in [-0.25, -0.2) is 0 Å². The standard InChI is InChI=1S/C32H28N2/c33-32(34)31-20-9-8-19-30(31)29-18-7-6-17-28(29)27-16-5-4-14-26(27)22-23-11-10-15-25(21-23)24-12-2-1-3-13-24/h1-16,18-21,28H,17,22H2,(H3,33,34). The average molecular weight is 441 g/mol. The first-order valence-electron chi connectivity index (χ1n) is 11.7. The zero-order valence-corrected chi connectivity index (χ0v) is 19.1. The molecule has 1 aliphatic rings. The van der Waals surface area contributed by atoms with Crippen LogP contribution in [0.4, 0.5) is 0 Å². The van der Waals surface area contributed by atoms with Gasteiger partial charge in [-0.3, -0.25) is 5.41 Å². The highest BCUT2D eigenvalue weighted by Gasteiger charge is 2.23. The fraction of sp³-hybridized carbons (Fsp3) is 0.0938. The Morgan fingerprint density at radius 3 is 2.38 bits per heavy atom. The zero-order valence-electron chi connectivity index (χ0n) is 19.1. The van der Waals surface area contributed by atoms with Crippen LogP contribution in [0.1, 0.15) is 40.2 Å². The van der Waals surface area contributed by atoms with Gasteiger partial charge in [0.1, 0.15) is 5.84 Å². The van der Waals surface area contributed by atoms with Crippen molar-refractivity contribution in [2.24, 2.45) is 5.73 Å². The van der Waals surface area contributed by atoms with Crippen LogP contribution in [0, 0.1) is 5.41 Å². The smallest absolute Gasteiger partial charge is 0.123 e. The molecule has 2 nitrogen and oxygen atoms in total. The number of rotatable bonds is 6. The second-order valence-electron chi connectivity index (χ2n) is 8.74. The second kappa shape index (κ2) is 9.76. The molecule has 4 aromatic carbocycles. The Bertz CT molecular complexity index is 1380. The summed E-state index contributed by atoms with van der Waals surface area (Å²) in [5.41, 5.74) is 15.4. The van der Waals surface area contributed by atoms with Gasteiger partial charge in [0, 0.05) is 11.5 Å². The van der Waals surface area contributed by atoms with Gasteiger partial charge in [0.15, 0.2) is 0 Å². The highest BCUT2D eigenvalue weighted by molar-refractivity contribution is 6.00. The molecule has 0 heterocycles. The van der Waals surface area contributed by atoms with E-state index in [-0.39, 0.29) is 11.8 Å². The molecule has 0 saturated carbocycles. The molecular formula is C32H28N2. The topological polar surface area (TPSA) is 49.9 Å². The molecule has 0 aliphatic heterocycles. The van der Waals surface area contributed by atoms with Crippen LogP contribution in [0.5, 0.6) is 0 Å². The van der Waals surface area contributed by atoms with Crippen LogP contribution in [-0.2, 0) is 6.42 Å². The van der Waals surface area contributed by atoms with E-state index >= 15 is 0 Å². The van der Waals surface area contributed by atoms with E-state index < -0.39 is 0 Å². The summed E-state index contributed by atoms with van der Waals surface area (Å²) in [6.45, 7) is 0. The van der Waals surface area contributed by atoms with Crippen molar-refractivity contribution in [2.75, 3.05) is 0 Å². The monoisotopic (exact) mass is 440 g/mol. The molecule has 5 rings (SSSR count). The van der Waals surface area contributed by atoms with Gasteiger partial charge in [0.05, 0.1) is 0 Å². The normalized spacial score (nSPS) is 15.1. The maximum Gasteiger partial charge on any atom is 0.123 e. The summed E-state index contributed by atoms with van der Waals surface area (Å²) in [7, 11) is 0. The summed E-state index contributed by atoms with van der Waals surface area (Å²) in [6.07, 6.45) is 8.34. The lowest BCUT2D eigenvalue weighted by atomic mass is 9.78. The van der Waals surface area contributed by atoms with Crippen molar-refractivity contribution in [1.29, 1.82) is 5.41 Å². The summed E-state index contributed by atoms with van der Waals surface area (Å²) in [5, 5.41) is 8.08. The minimum atomic E-state index is 0.107. The lowest BCUT2D eigenvalue weighted by Crippen LogP contribution is -2.16. The molecule has 0 aromatic heterocycles. The van der Waals surface area contributed by atoms with E-state index in [1.54, 1.807) is 0 Å². The van der Waals surface area contributed by atoms with E-state index in [0.717, 1.165) is 24.0 Å². The van der Waals surface area contributed by atoms with Crippen LogP contribution in [0.25, 0.3) is 16.7 Å². The summed E-state index contributed by atoms with van der Waals surface area (Å²) in [4.78, 5) is 0. The van der Waals surface area contributed by atoms with Crippen molar-refractivity contribution in [2.45, 2.75) is 18.8 Å². The number of nitrogens with two attached hydrogens (primary N) is 1. The van der Waals surface area contributed by atoms with Gasteiger partial charge >= 0.3 is 0 Å². The maximum absolute atomic E-state index is 8.08. The molecule has 0 amide bonds. The van der Waals surface area contributed by atoms with Gasteiger partial charge < -0.3 is 5.73 Å². The first-order valence-corrected chi connectivity index (χ1v) is 11.7. The van der Waals surface area contributed by atoms with Crippen molar-refractivity contribution < 1.29 is 0 Å². The molecule has 1 unspecified atom stereocenters. The summed E-state index contributed by atoms with van der Waals surface area (Å²) in [5.74, 6) is 0.329. The van der Waals surface area contributed by atoms with Gasteiger partial charge in [-0.2, -0.15) is 0 Å².